The highest BCUT2D eigenvalue weighted by Crippen LogP contribution is 2.34. The maximum absolute atomic E-state index is 12.6. The lowest BCUT2D eigenvalue weighted by Crippen LogP contribution is -2.32. The summed E-state index contributed by atoms with van der Waals surface area (Å²) in [6.07, 6.45) is 4.84. The Morgan fingerprint density at radius 1 is 1.21 bits per heavy atom. The molecule has 0 unspecified atom stereocenters. The fraction of sp³-hybridized carbons (Fsp3) is 0.364. The van der Waals surface area contributed by atoms with Crippen LogP contribution < -0.4 is 15.1 Å². The van der Waals surface area contributed by atoms with Gasteiger partial charge in [0.1, 0.15) is 0 Å². The summed E-state index contributed by atoms with van der Waals surface area (Å²) >= 11 is 0. The van der Waals surface area contributed by atoms with Gasteiger partial charge in [-0.2, -0.15) is 0 Å². The van der Waals surface area contributed by atoms with Crippen LogP contribution in [0.15, 0.2) is 42.7 Å². The third kappa shape index (κ3) is 3.85. The quantitative estimate of drug-likeness (QED) is 0.844. The van der Waals surface area contributed by atoms with Gasteiger partial charge in [-0.25, -0.2) is 0 Å². The Bertz CT molecular complexity index is 944. The predicted molar refractivity (Wildman–Crippen MR) is 109 cm³/mol. The Morgan fingerprint density at radius 2 is 2.00 bits per heavy atom. The average Bonchev–Trinajstić information content (AvgIpc) is 3.35. The molecule has 7 heteroatoms. The van der Waals surface area contributed by atoms with Crippen LogP contribution in [0.1, 0.15) is 30.9 Å². The van der Waals surface area contributed by atoms with E-state index in [0.717, 1.165) is 28.9 Å². The number of pyridine rings is 1. The minimum absolute atomic E-state index is 0.0477. The second-order valence-electron chi connectivity index (χ2n) is 7.44. The number of hydrogen-bond acceptors (Lipinski definition) is 4. The third-order valence-corrected chi connectivity index (χ3v) is 5.59. The highest BCUT2D eigenvalue weighted by molar-refractivity contribution is 6.01. The Labute approximate surface area is 169 Å². The van der Waals surface area contributed by atoms with Crippen molar-refractivity contribution in [1.82, 2.24) is 10.3 Å². The van der Waals surface area contributed by atoms with Gasteiger partial charge in [-0.3, -0.25) is 19.4 Å². The normalized spacial score (nSPS) is 18.1. The number of benzene rings is 1. The van der Waals surface area contributed by atoms with E-state index in [2.05, 4.69) is 10.3 Å². The van der Waals surface area contributed by atoms with Crippen LogP contribution in [-0.4, -0.2) is 35.8 Å². The topological polar surface area (TPSA) is 82.6 Å². The first-order chi connectivity index (χ1) is 14.1. The Balaban J connectivity index is 1.42. The van der Waals surface area contributed by atoms with Crippen molar-refractivity contribution in [3.63, 3.8) is 0 Å². The fourth-order valence-corrected chi connectivity index (χ4v) is 3.97. The molecule has 1 aromatic carbocycles. The van der Waals surface area contributed by atoms with Crippen LogP contribution in [0, 0.1) is 5.92 Å². The molecule has 0 aliphatic carbocycles. The summed E-state index contributed by atoms with van der Waals surface area (Å²) in [5, 5.41) is 2.91. The van der Waals surface area contributed by atoms with E-state index in [1.807, 2.05) is 37.3 Å². The molecule has 0 spiro atoms. The Hall–Kier alpha value is -3.22. The van der Waals surface area contributed by atoms with E-state index in [9.17, 15) is 14.4 Å². The number of hydrogen-bond donors (Lipinski definition) is 1. The fourth-order valence-electron chi connectivity index (χ4n) is 3.97. The van der Waals surface area contributed by atoms with Crippen LogP contribution >= 0.6 is 0 Å². The Kier molecular flexibility index (Phi) is 5.29. The van der Waals surface area contributed by atoms with Crippen molar-refractivity contribution in [2.45, 2.75) is 32.7 Å². The first-order valence-electron chi connectivity index (χ1n) is 9.97. The summed E-state index contributed by atoms with van der Waals surface area (Å²) in [5.41, 5.74) is 3.77. The molecule has 4 rings (SSSR count). The number of rotatable bonds is 5. The van der Waals surface area contributed by atoms with Crippen molar-refractivity contribution < 1.29 is 14.4 Å². The molecule has 0 saturated carbocycles. The first kappa shape index (κ1) is 19.1. The standard InChI is InChI=1S/C22H24N4O3/c1-2-20(27)25-10-7-16-11-18(3-4-19(16)25)26-14-17(12-21(26)28)22(29)24-13-15-5-8-23-9-6-15/h3-6,8-9,11,17H,2,7,10,12-14H2,1H3,(H,24,29)/t17-/m0/s1. The van der Waals surface area contributed by atoms with Crippen LogP contribution in [0.5, 0.6) is 0 Å². The van der Waals surface area contributed by atoms with E-state index in [1.54, 1.807) is 22.2 Å². The zero-order valence-corrected chi connectivity index (χ0v) is 16.4. The van der Waals surface area contributed by atoms with Crippen LogP contribution in [0.25, 0.3) is 0 Å². The van der Waals surface area contributed by atoms with E-state index < -0.39 is 0 Å². The van der Waals surface area contributed by atoms with Gasteiger partial charge in [0.25, 0.3) is 0 Å². The minimum Gasteiger partial charge on any atom is -0.352 e. The minimum atomic E-state index is -0.365. The highest BCUT2D eigenvalue weighted by Gasteiger charge is 2.35. The summed E-state index contributed by atoms with van der Waals surface area (Å²) in [5.74, 6) is -0.414. The Morgan fingerprint density at radius 3 is 2.76 bits per heavy atom. The largest absolute Gasteiger partial charge is 0.352 e. The molecule has 29 heavy (non-hydrogen) atoms. The number of amides is 3. The molecule has 1 N–H and O–H groups in total. The summed E-state index contributed by atoms with van der Waals surface area (Å²) in [7, 11) is 0. The molecule has 3 heterocycles. The van der Waals surface area contributed by atoms with Gasteiger partial charge in [0.05, 0.1) is 5.92 Å². The maximum atomic E-state index is 12.6. The molecule has 1 fully saturated rings. The van der Waals surface area contributed by atoms with Gasteiger partial charge in [0.15, 0.2) is 0 Å². The SMILES string of the molecule is CCC(=O)N1CCc2cc(N3C[C@@H](C(=O)NCc4ccncc4)CC3=O)ccc21. The average molecular weight is 392 g/mol. The van der Waals surface area contributed by atoms with E-state index in [0.29, 0.717) is 26.1 Å². The first-order valence-corrected chi connectivity index (χ1v) is 9.97. The molecule has 2 aliphatic rings. The van der Waals surface area contributed by atoms with Gasteiger partial charge in [-0.05, 0) is 47.9 Å². The molecular weight excluding hydrogens is 368 g/mol. The van der Waals surface area contributed by atoms with E-state index >= 15 is 0 Å². The van der Waals surface area contributed by atoms with E-state index in [4.69, 9.17) is 0 Å². The molecular formula is C22H24N4O3. The van der Waals surface area contributed by atoms with Crippen molar-refractivity contribution in [3.8, 4) is 0 Å². The van der Waals surface area contributed by atoms with Gasteiger partial charge in [0.2, 0.25) is 17.7 Å². The maximum Gasteiger partial charge on any atom is 0.227 e. The number of fused-ring (bicyclic) bond motifs is 1. The highest BCUT2D eigenvalue weighted by atomic mass is 16.2. The van der Waals surface area contributed by atoms with Crippen LogP contribution in [0.3, 0.4) is 0 Å². The van der Waals surface area contributed by atoms with Crippen LogP contribution in [0.4, 0.5) is 11.4 Å². The van der Waals surface area contributed by atoms with Gasteiger partial charge >= 0.3 is 0 Å². The molecule has 1 atom stereocenters. The third-order valence-electron chi connectivity index (χ3n) is 5.59. The van der Waals surface area contributed by atoms with Crippen LogP contribution in [0.2, 0.25) is 0 Å². The number of carbonyl (C=O) groups excluding carboxylic acids is 3. The van der Waals surface area contributed by atoms with Crippen molar-refractivity contribution in [1.29, 1.82) is 0 Å². The predicted octanol–water partition coefficient (Wildman–Crippen LogP) is 2.05. The van der Waals surface area contributed by atoms with Gasteiger partial charge in [0, 0.05) is 56.2 Å². The molecule has 1 aromatic heterocycles. The smallest absolute Gasteiger partial charge is 0.227 e. The molecule has 3 amide bonds. The number of nitrogens with one attached hydrogen (secondary N) is 1. The number of nitrogens with zero attached hydrogens (tertiary/aromatic N) is 3. The van der Waals surface area contributed by atoms with Crippen molar-refractivity contribution in [2.24, 2.45) is 5.92 Å². The van der Waals surface area contributed by atoms with E-state index in [1.165, 1.54) is 0 Å². The summed E-state index contributed by atoms with van der Waals surface area (Å²) in [6, 6.07) is 9.46. The second kappa shape index (κ2) is 8.03. The molecule has 0 bridgehead atoms. The number of anilines is 2. The lowest BCUT2D eigenvalue weighted by molar-refractivity contribution is -0.126. The van der Waals surface area contributed by atoms with Crippen LogP contribution in [-0.2, 0) is 27.3 Å². The molecule has 2 aliphatic heterocycles. The van der Waals surface area contributed by atoms with Crippen molar-refractivity contribution in [2.75, 3.05) is 22.9 Å². The molecule has 0 radical (unpaired) electrons. The zero-order valence-electron chi connectivity index (χ0n) is 16.4. The lowest BCUT2D eigenvalue weighted by atomic mass is 10.1. The molecule has 2 aromatic rings. The summed E-state index contributed by atoms with van der Waals surface area (Å²) < 4.78 is 0. The number of aromatic nitrogens is 1. The van der Waals surface area contributed by atoms with Gasteiger partial charge < -0.3 is 15.1 Å². The monoisotopic (exact) mass is 392 g/mol. The number of carbonyl (C=O) groups is 3. The van der Waals surface area contributed by atoms with Gasteiger partial charge in [-0.15, -0.1) is 0 Å². The zero-order chi connectivity index (χ0) is 20.4. The summed E-state index contributed by atoms with van der Waals surface area (Å²) in [4.78, 5) is 44.6. The second-order valence-corrected chi connectivity index (χ2v) is 7.44. The van der Waals surface area contributed by atoms with Crippen molar-refractivity contribution in [3.05, 3.63) is 53.9 Å². The molecule has 7 nitrogen and oxygen atoms in total. The summed E-state index contributed by atoms with van der Waals surface area (Å²) in [6.45, 7) is 3.33. The molecule has 1 saturated heterocycles. The van der Waals surface area contributed by atoms with E-state index in [-0.39, 0.29) is 30.1 Å². The molecule has 150 valence electrons. The van der Waals surface area contributed by atoms with Gasteiger partial charge in [-0.1, -0.05) is 6.92 Å². The lowest BCUT2D eigenvalue weighted by Gasteiger charge is -2.20. The van der Waals surface area contributed by atoms with Crippen molar-refractivity contribution >= 4 is 29.1 Å².